The molecule has 3 N–H and O–H groups in total. The van der Waals surface area contributed by atoms with Gasteiger partial charge >= 0.3 is 0 Å². The Bertz CT molecular complexity index is 938. The lowest BCUT2D eigenvalue weighted by atomic mass is 10.2. The molecule has 0 saturated heterocycles. The average molecular weight is 347 g/mol. The first-order chi connectivity index (χ1) is 12.5. The van der Waals surface area contributed by atoms with Crippen LogP contribution in [0.3, 0.4) is 0 Å². The molecule has 1 amide bonds. The van der Waals surface area contributed by atoms with Crippen LogP contribution in [0.4, 0.5) is 5.82 Å². The van der Waals surface area contributed by atoms with Gasteiger partial charge < -0.3 is 15.8 Å². The average Bonchev–Trinajstić information content (AvgIpc) is 2.60. The molecule has 0 bridgehead atoms. The number of hydrogen-bond donors (Lipinski definition) is 2. The number of nitrogen functional groups attached to an aromatic ring is 1. The van der Waals surface area contributed by atoms with Gasteiger partial charge in [0.05, 0.1) is 5.56 Å². The van der Waals surface area contributed by atoms with Crippen LogP contribution in [0.2, 0.25) is 0 Å². The van der Waals surface area contributed by atoms with Crippen molar-refractivity contribution in [2.75, 3.05) is 5.73 Å². The number of ether oxygens (including phenoxy) is 1. The molecule has 0 aliphatic carbocycles. The van der Waals surface area contributed by atoms with E-state index in [4.69, 9.17) is 10.5 Å². The van der Waals surface area contributed by atoms with Crippen LogP contribution in [0.5, 0.6) is 11.5 Å². The first kappa shape index (κ1) is 17.5. The zero-order chi connectivity index (χ0) is 18.5. The van der Waals surface area contributed by atoms with Gasteiger partial charge in [-0.3, -0.25) is 4.79 Å². The first-order valence-electron chi connectivity index (χ1n) is 8.36. The van der Waals surface area contributed by atoms with Crippen molar-refractivity contribution in [1.82, 2.24) is 10.3 Å². The number of amides is 1. The SMILES string of the molecule is Cc1cccc(Oc2cccc(CNC(=O)c3ccc(C)nc3N)c2)c1. The lowest BCUT2D eigenvalue weighted by Crippen LogP contribution is -2.24. The molecule has 132 valence electrons. The Labute approximate surface area is 152 Å². The molecule has 3 rings (SSSR count). The van der Waals surface area contributed by atoms with E-state index >= 15 is 0 Å². The molecule has 2 aromatic carbocycles. The monoisotopic (exact) mass is 347 g/mol. The second-order valence-corrected chi connectivity index (χ2v) is 6.13. The summed E-state index contributed by atoms with van der Waals surface area (Å²) in [5, 5.41) is 2.86. The summed E-state index contributed by atoms with van der Waals surface area (Å²) in [5.41, 5.74) is 9.04. The molecule has 0 radical (unpaired) electrons. The molecule has 3 aromatic rings. The van der Waals surface area contributed by atoms with E-state index in [2.05, 4.69) is 10.3 Å². The third kappa shape index (κ3) is 4.39. The third-order valence-electron chi connectivity index (χ3n) is 3.89. The number of pyridine rings is 1. The molecule has 0 aliphatic heterocycles. The van der Waals surface area contributed by atoms with Gasteiger partial charge in [0, 0.05) is 12.2 Å². The van der Waals surface area contributed by atoms with Crippen LogP contribution in [0.25, 0.3) is 0 Å². The summed E-state index contributed by atoms with van der Waals surface area (Å²) in [6.07, 6.45) is 0. The van der Waals surface area contributed by atoms with Crippen molar-refractivity contribution in [1.29, 1.82) is 0 Å². The summed E-state index contributed by atoms with van der Waals surface area (Å²) in [6, 6.07) is 18.9. The molecule has 0 atom stereocenters. The molecular formula is C21H21N3O2. The molecule has 0 fully saturated rings. The number of carbonyl (C=O) groups excluding carboxylic acids is 1. The Balaban J connectivity index is 1.66. The Morgan fingerprint density at radius 3 is 2.50 bits per heavy atom. The smallest absolute Gasteiger partial charge is 0.255 e. The maximum Gasteiger partial charge on any atom is 0.255 e. The van der Waals surface area contributed by atoms with Gasteiger partial charge in [-0.15, -0.1) is 0 Å². The van der Waals surface area contributed by atoms with Gasteiger partial charge in [0.15, 0.2) is 0 Å². The normalized spacial score (nSPS) is 10.4. The number of carbonyl (C=O) groups is 1. The van der Waals surface area contributed by atoms with Crippen LogP contribution >= 0.6 is 0 Å². The minimum atomic E-state index is -0.250. The van der Waals surface area contributed by atoms with Crippen LogP contribution in [-0.4, -0.2) is 10.9 Å². The second-order valence-electron chi connectivity index (χ2n) is 6.13. The van der Waals surface area contributed by atoms with Crippen LogP contribution < -0.4 is 15.8 Å². The van der Waals surface area contributed by atoms with E-state index in [1.165, 1.54) is 0 Å². The lowest BCUT2D eigenvalue weighted by molar-refractivity contribution is 0.0951. The van der Waals surface area contributed by atoms with Crippen molar-refractivity contribution >= 4 is 11.7 Å². The van der Waals surface area contributed by atoms with Crippen LogP contribution in [0.15, 0.2) is 60.7 Å². The van der Waals surface area contributed by atoms with Crippen LogP contribution in [0, 0.1) is 13.8 Å². The van der Waals surface area contributed by atoms with Gasteiger partial charge in [0.2, 0.25) is 0 Å². The highest BCUT2D eigenvalue weighted by atomic mass is 16.5. The molecular weight excluding hydrogens is 326 g/mol. The molecule has 1 heterocycles. The number of nitrogens with two attached hydrogens (primary N) is 1. The van der Waals surface area contributed by atoms with Gasteiger partial charge in [-0.25, -0.2) is 4.98 Å². The van der Waals surface area contributed by atoms with E-state index in [0.717, 1.165) is 28.3 Å². The third-order valence-corrected chi connectivity index (χ3v) is 3.89. The van der Waals surface area contributed by atoms with Crippen LogP contribution in [-0.2, 0) is 6.54 Å². The summed E-state index contributed by atoms with van der Waals surface area (Å²) < 4.78 is 5.88. The van der Waals surface area contributed by atoms with Gasteiger partial charge in [0.25, 0.3) is 5.91 Å². The van der Waals surface area contributed by atoms with E-state index in [1.807, 2.05) is 62.4 Å². The first-order valence-corrected chi connectivity index (χ1v) is 8.36. The molecule has 1 aromatic heterocycles. The number of rotatable bonds is 5. The summed E-state index contributed by atoms with van der Waals surface area (Å²) in [4.78, 5) is 16.4. The van der Waals surface area contributed by atoms with E-state index < -0.39 is 0 Å². The van der Waals surface area contributed by atoms with Gasteiger partial charge in [-0.2, -0.15) is 0 Å². The number of aromatic nitrogens is 1. The number of nitrogens with zero attached hydrogens (tertiary/aromatic N) is 1. The Morgan fingerprint density at radius 1 is 1.04 bits per heavy atom. The molecule has 0 aliphatic rings. The molecule has 0 spiro atoms. The fraction of sp³-hybridized carbons (Fsp3) is 0.143. The Hall–Kier alpha value is -3.34. The largest absolute Gasteiger partial charge is 0.457 e. The molecule has 0 saturated carbocycles. The fourth-order valence-corrected chi connectivity index (χ4v) is 2.58. The summed E-state index contributed by atoms with van der Waals surface area (Å²) >= 11 is 0. The highest BCUT2D eigenvalue weighted by Crippen LogP contribution is 2.23. The van der Waals surface area contributed by atoms with E-state index in [9.17, 15) is 4.79 Å². The highest BCUT2D eigenvalue weighted by Gasteiger charge is 2.10. The predicted octanol–water partition coefficient (Wildman–Crippen LogP) is 4.00. The topological polar surface area (TPSA) is 77.2 Å². The number of benzene rings is 2. The zero-order valence-corrected chi connectivity index (χ0v) is 14.8. The van der Waals surface area contributed by atoms with Crippen molar-refractivity contribution in [3.8, 4) is 11.5 Å². The minimum Gasteiger partial charge on any atom is -0.457 e. The minimum absolute atomic E-state index is 0.235. The number of aryl methyl sites for hydroxylation is 2. The molecule has 5 nitrogen and oxygen atoms in total. The lowest BCUT2D eigenvalue weighted by Gasteiger charge is -2.10. The summed E-state index contributed by atoms with van der Waals surface area (Å²) in [6.45, 7) is 4.22. The van der Waals surface area contributed by atoms with Crippen molar-refractivity contribution in [2.24, 2.45) is 0 Å². The van der Waals surface area contributed by atoms with E-state index in [0.29, 0.717) is 12.1 Å². The van der Waals surface area contributed by atoms with E-state index in [-0.39, 0.29) is 11.7 Å². The van der Waals surface area contributed by atoms with Crippen molar-refractivity contribution < 1.29 is 9.53 Å². The summed E-state index contributed by atoms with van der Waals surface area (Å²) in [7, 11) is 0. The molecule has 26 heavy (non-hydrogen) atoms. The Kier molecular flexibility index (Phi) is 5.17. The van der Waals surface area contributed by atoms with E-state index in [1.54, 1.807) is 12.1 Å². The van der Waals surface area contributed by atoms with Crippen molar-refractivity contribution in [3.05, 3.63) is 83.0 Å². The van der Waals surface area contributed by atoms with Crippen molar-refractivity contribution in [3.63, 3.8) is 0 Å². The maximum atomic E-state index is 12.3. The van der Waals surface area contributed by atoms with Gasteiger partial charge in [-0.1, -0.05) is 24.3 Å². The highest BCUT2D eigenvalue weighted by molar-refractivity contribution is 5.98. The predicted molar refractivity (Wildman–Crippen MR) is 102 cm³/mol. The van der Waals surface area contributed by atoms with Crippen molar-refractivity contribution in [2.45, 2.75) is 20.4 Å². The molecule has 5 heteroatoms. The van der Waals surface area contributed by atoms with Gasteiger partial charge in [-0.05, 0) is 61.4 Å². The summed E-state index contributed by atoms with van der Waals surface area (Å²) in [5.74, 6) is 1.49. The number of hydrogen-bond acceptors (Lipinski definition) is 4. The molecule has 0 unspecified atom stereocenters. The maximum absolute atomic E-state index is 12.3. The quantitative estimate of drug-likeness (QED) is 0.731. The number of nitrogens with one attached hydrogen (secondary N) is 1. The second kappa shape index (κ2) is 7.70. The standard InChI is InChI=1S/C21H21N3O2/c1-14-5-3-7-17(11-14)26-18-8-4-6-16(12-18)13-23-21(25)19-10-9-15(2)24-20(19)22/h3-12H,13H2,1-2H3,(H2,22,24)(H,23,25). The Morgan fingerprint density at radius 2 is 1.77 bits per heavy atom. The number of anilines is 1. The van der Waals surface area contributed by atoms with Crippen LogP contribution in [0.1, 0.15) is 27.2 Å². The van der Waals surface area contributed by atoms with Gasteiger partial charge in [0.1, 0.15) is 17.3 Å². The zero-order valence-electron chi connectivity index (χ0n) is 14.8. The fourth-order valence-electron chi connectivity index (χ4n) is 2.58.